The van der Waals surface area contributed by atoms with Gasteiger partial charge in [0.05, 0.1) is 32.2 Å². The number of hydrogen-bond acceptors (Lipinski definition) is 7. The number of thiophene rings is 1. The molecule has 0 fully saturated rings. The second-order valence-corrected chi connectivity index (χ2v) is 12.1. The van der Waals surface area contributed by atoms with Gasteiger partial charge in [-0.1, -0.05) is 43.4 Å². The first-order valence-electron chi connectivity index (χ1n) is 13.8. The summed E-state index contributed by atoms with van der Waals surface area (Å²) in [5, 5.41) is 14.8. The zero-order valence-corrected chi connectivity index (χ0v) is 25.7. The van der Waals surface area contributed by atoms with Crippen molar-refractivity contribution < 1.29 is 9.59 Å². The molecule has 3 heterocycles. The number of nitrogens with zero attached hydrogens (tertiary/aromatic N) is 5. The molecule has 6 aromatic rings. The lowest BCUT2D eigenvalue weighted by atomic mass is 10.1. The Morgan fingerprint density at radius 1 is 0.905 bits per heavy atom. The number of benzene rings is 3. The lowest BCUT2D eigenvalue weighted by molar-refractivity contribution is -0.117. The molecule has 3 aromatic carbocycles. The maximum absolute atomic E-state index is 13.6. The van der Waals surface area contributed by atoms with Gasteiger partial charge in [0.15, 0.2) is 5.13 Å². The molecule has 0 aliphatic heterocycles. The lowest BCUT2D eigenvalue weighted by Crippen LogP contribution is -2.25. The highest BCUT2D eigenvalue weighted by Crippen LogP contribution is 2.42. The summed E-state index contributed by atoms with van der Waals surface area (Å²) < 4.78 is 0.840. The van der Waals surface area contributed by atoms with Crippen LogP contribution >= 0.6 is 22.7 Å². The van der Waals surface area contributed by atoms with Crippen LogP contribution in [0.4, 0.5) is 16.5 Å². The summed E-state index contributed by atoms with van der Waals surface area (Å²) in [5.74, 6) is -0.241. The van der Waals surface area contributed by atoms with Crippen LogP contribution in [0, 0.1) is 20.8 Å². The van der Waals surface area contributed by atoms with Crippen molar-refractivity contribution in [2.45, 2.75) is 47.5 Å². The highest BCUT2D eigenvalue weighted by Gasteiger charge is 2.25. The predicted octanol–water partition coefficient (Wildman–Crippen LogP) is 7.91. The third-order valence-corrected chi connectivity index (χ3v) is 9.28. The second-order valence-electron chi connectivity index (χ2n) is 10.2. The molecular formula is C32H30N6O2S2. The molecule has 0 spiro atoms. The van der Waals surface area contributed by atoms with Crippen LogP contribution in [0.2, 0.25) is 0 Å². The molecule has 0 aliphatic carbocycles. The molecule has 0 saturated heterocycles. The number of hydrogen-bond donors (Lipinski definition) is 1. The fourth-order valence-electron chi connectivity index (χ4n) is 5.06. The monoisotopic (exact) mass is 594 g/mol. The Morgan fingerprint density at radius 2 is 1.67 bits per heavy atom. The summed E-state index contributed by atoms with van der Waals surface area (Å²) in [4.78, 5) is 35.4. The summed E-state index contributed by atoms with van der Waals surface area (Å²) in [7, 11) is 0. The Morgan fingerprint density at radius 3 is 2.36 bits per heavy atom. The van der Waals surface area contributed by atoms with E-state index in [1.807, 2.05) is 75.5 Å². The number of aromatic nitrogens is 4. The molecule has 0 saturated carbocycles. The van der Waals surface area contributed by atoms with Gasteiger partial charge >= 0.3 is 0 Å². The number of anilines is 3. The van der Waals surface area contributed by atoms with Crippen molar-refractivity contribution in [3.05, 3.63) is 87.1 Å². The quantitative estimate of drug-likeness (QED) is 0.203. The summed E-state index contributed by atoms with van der Waals surface area (Å²) in [6, 6.07) is 17.9. The van der Waals surface area contributed by atoms with Gasteiger partial charge in [-0.15, -0.1) is 21.5 Å². The van der Waals surface area contributed by atoms with Gasteiger partial charge in [-0.3, -0.25) is 19.8 Å². The van der Waals surface area contributed by atoms with Crippen LogP contribution in [-0.4, -0.2) is 31.8 Å². The number of nitrogens with one attached hydrogen (secondary N) is 1. The van der Waals surface area contributed by atoms with Crippen LogP contribution in [0.5, 0.6) is 0 Å². The Labute approximate surface area is 251 Å². The van der Waals surface area contributed by atoms with Crippen molar-refractivity contribution in [2.75, 3.05) is 10.2 Å². The molecular weight excluding hydrogens is 565 g/mol. The van der Waals surface area contributed by atoms with Gasteiger partial charge in [-0.25, -0.2) is 4.98 Å². The van der Waals surface area contributed by atoms with E-state index in [0.29, 0.717) is 27.6 Å². The molecule has 0 unspecified atom stereocenters. The van der Waals surface area contributed by atoms with E-state index in [1.165, 1.54) is 28.2 Å². The van der Waals surface area contributed by atoms with Crippen molar-refractivity contribution in [1.82, 2.24) is 20.0 Å². The van der Waals surface area contributed by atoms with Gasteiger partial charge in [0.25, 0.3) is 5.91 Å². The van der Waals surface area contributed by atoms with Gasteiger partial charge in [-0.05, 0) is 91.2 Å². The van der Waals surface area contributed by atoms with Crippen molar-refractivity contribution in [1.29, 1.82) is 0 Å². The van der Waals surface area contributed by atoms with E-state index >= 15 is 0 Å². The van der Waals surface area contributed by atoms with E-state index in [1.54, 1.807) is 9.70 Å². The Balaban J connectivity index is 1.43. The molecule has 6 rings (SSSR count). The number of amides is 2. The molecule has 0 aliphatic rings. The summed E-state index contributed by atoms with van der Waals surface area (Å²) in [6.07, 6.45) is 1.27. The second kappa shape index (κ2) is 11.1. The van der Waals surface area contributed by atoms with E-state index in [0.717, 1.165) is 50.2 Å². The van der Waals surface area contributed by atoms with E-state index in [2.05, 4.69) is 29.5 Å². The summed E-state index contributed by atoms with van der Waals surface area (Å²) >= 11 is 2.78. The van der Waals surface area contributed by atoms with Crippen LogP contribution in [-0.2, 0) is 11.2 Å². The summed E-state index contributed by atoms with van der Waals surface area (Å²) in [6.45, 7) is 9.89. The molecule has 3 aromatic heterocycles. The third-order valence-electron chi connectivity index (χ3n) is 7.28. The minimum atomic E-state index is -0.183. The van der Waals surface area contributed by atoms with Crippen LogP contribution in [0.25, 0.3) is 26.9 Å². The number of thiazole rings is 1. The highest BCUT2D eigenvalue weighted by atomic mass is 32.1. The number of carbonyl (C=O) groups excluding carboxylic acids is 2. The maximum Gasteiger partial charge on any atom is 0.267 e. The molecule has 42 heavy (non-hydrogen) atoms. The molecule has 8 nitrogen and oxygen atoms in total. The molecule has 2 amide bonds. The number of fused-ring (bicyclic) bond motifs is 2. The highest BCUT2D eigenvalue weighted by molar-refractivity contribution is 7.23. The van der Waals surface area contributed by atoms with E-state index in [-0.39, 0.29) is 11.8 Å². The first-order chi connectivity index (χ1) is 20.3. The van der Waals surface area contributed by atoms with Crippen molar-refractivity contribution in [3.63, 3.8) is 0 Å². The van der Waals surface area contributed by atoms with Gasteiger partial charge in [0, 0.05) is 6.42 Å². The van der Waals surface area contributed by atoms with Gasteiger partial charge in [-0.2, -0.15) is 4.80 Å². The molecule has 1 N–H and O–H groups in total. The molecule has 212 valence electrons. The molecule has 0 bridgehead atoms. The van der Waals surface area contributed by atoms with E-state index < -0.39 is 0 Å². The Hall–Kier alpha value is -4.41. The first-order valence-corrected chi connectivity index (χ1v) is 15.5. The zero-order chi connectivity index (χ0) is 29.5. The number of rotatable bonds is 7. The fourth-order valence-corrected chi connectivity index (χ4v) is 7.00. The van der Waals surface area contributed by atoms with Crippen molar-refractivity contribution in [2.24, 2.45) is 0 Å². The minimum absolute atomic E-state index is 0.0571. The normalized spacial score (nSPS) is 11.4. The van der Waals surface area contributed by atoms with E-state index in [4.69, 9.17) is 10.1 Å². The largest absolute Gasteiger partial charge is 0.297 e. The Bertz CT molecular complexity index is 1970. The predicted molar refractivity (Wildman–Crippen MR) is 172 cm³/mol. The van der Waals surface area contributed by atoms with Gasteiger partial charge in [0.1, 0.15) is 11.0 Å². The Kier molecular flexibility index (Phi) is 7.34. The fraction of sp³-hybridized carbons (Fsp3) is 0.219. The van der Waals surface area contributed by atoms with E-state index in [9.17, 15) is 9.59 Å². The topological polar surface area (TPSA) is 93.0 Å². The average molecular weight is 595 g/mol. The van der Waals surface area contributed by atoms with Gasteiger partial charge in [0.2, 0.25) is 5.91 Å². The van der Waals surface area contributed by atoms with Gasteiger partial charge < -0.3 is 0 Å². The standard InChI is InChI=1S/C32H30N6O2S2/c1-6-21-8-10-22(11-9-21)38-35-24-13-12-23(17-25(24)36-38)37(26(39)7-2)28-20(5)16-19(4)27-30(28)42-32(33-27)34-31(40)29-18(3)14-15-41-29/h8-17H,6-7H2,1-5H3,(H,33,34,40). The summed E-state index contributed by atoms with van der Waals surface area (Å²) in [5.41, 5.74) is 8.61. The first kappa shape index (κ1) is 27.7. The maximum atomic E-state index is 13.6. The van der Waals surface area contributed by atoms with Crippen LogP contribution in [0.1, 0.15) is 52.2 Å². The van der Waals surface area contributed by atoms with Crippen molar-refractivity contribution >= 4 is 72.2 Å². The molecule has 10 heteroatoms. The smallest absolute Gasteiger partial charge is 0.267 e. The number of aryl methyl sites for hydroxylation is 4. The van der Waals surface area contributed by atoms with Crippen LogP contribution < -0.4 is 10.2 Å². The van der Waals surface area contributed by atoms with Crippen LogP contribution in [0.15, 0.2) is 60.0 Å². The van der Waals surface area contributed by atoms with Crippen LogP contribution in [0.3, 0.4) is 0 Å². The SMILES string of the molecule is CCC(=O)N(c1ccc2nn(-c3ccc(CC)cc3)nc2c1)c1c(C)cc(C)c2nc(NC(=O)c3sccc3C)sc12. The average Bonchev–Trinajstić information content (AvgIpc) is 3.72. The lowest BCUT2D eigenvalue weighted by Gasteiger charge is -2.25. The van der Waals surface area contributed by atoms with Crippen molar-refractivity contribution in [3.8, 4) is 5.69 Å². The molecule has 0 atom stereocenters. The molecule has 0 radical (unpaired) electrons. The number of carbonyl (C=O) groups is 2. The zero-order valence-electron chi connectivity index (χ0n) is 24.1. The minimum Gasteiger partial charge on any atom is -0.297 e. The third kappa shape index (κ3) is 4.97.